The van der Waals surface area contributed by atoms with Crippen LogP contribution in [-0.4, -0.2) is 42.0 Å². The van der Waals surface area contributed by atoms with Crippen molar-refractivity contribution in [3.63, 3.8) is 0 Å². The summed E-state index contributed by atoms with van der Waals surface area (Å²) in [4.78, 5) is 29.2. The Hall–Kier alpha value is -1.91. The summed E-state index contributed by atoms with van der Waals surface area (Å²) in [5.41, 5.74) is 0.696. The molecule has 1 aromatic heterocycles. The van der Waals surface area contributed by atoms with Crippen molar-refractivity contribution < 1.29 is 14.3 Å². The van der Waals surface area contributed by atoms with Gasteiger partial charge in [-0.05, 0) is 25.5 Å². The predicted octanol–water partition coefficient (Wildman–Crippen LogP) is 2.13. The monoisotopic (exact) mass is 264 g/mol. The van der Waals surface area contributed by atoms with Crippen LogP contribution in [0.25, 0.3) is 0 Å². The summed E-state index contributed by atoms with van der Waals surface area (Å²) in [6, 6.07) is 3.11. The first-order valence-electron chi connectivity index (χ1n) is 6.47. The largest absolute Gasteiger partial charge is 0.465 e. The van der Waals surface area contributed by atoms with Crippen LogP contribution in [0, 0.1) is 0 Å². The first-order valence-corrected chi connectivity index (χ1v) is 6.47. The zero-order valence-electron chi connectivity index (χ0n) is 11.7. The van der Waals surface area contributed by atoms with Crippen molar-refractivity contribution in [3.8, 4) is 0 Å². The number of pyridine rings is 1. The van der Waals surface area contributed by atoms with Gasteiger partial charge in [-0.15, -0.1) is 0 Å². The molecule has 0 atom stereocenters. The third-order valence-corrected chi connectivity index (χ3v) is 2.85. The average molecular weight is 264 g/mol. The van der Waals surface area contributed by atoms with Crippen LogP contribution in [0.4, 0.5) is 0 Å². The second-order valence-electron chi connectivity index (χ2n) is 4.16. The highest BCUT2D eigenvalue weighted by atomic mass is 16.5. The maximum atomic E-state index is 12.2. The van der Waals surface area contributed by atoms with Crippen molar-refractivity contribution >= 4 is 11.9 Å². The van der Waals surface area contributed by atoms with Crippen LogP contribution in [-0.2, 0) is 4.74 Å². The Morgan fingerprint density at radius 1 is 1.32 bits per heavy atom. The van der Waals surface area contributed by atoms with Gasteiger partial charge in [-0.25, -0.2) is 4.79 Å². The van der Waals surface area contributed by atoms with Gasteiger partial charge in [0.25, 0.3) is 5.91 Å². The van der Waals surface area contributed by atoms with Gasteiger partial charge in [0.2, 0.25) is 0 Å². The Morgan fingerprint density at radius 3 is 2.53 bits per heavy atom. The van der Waals surface area contributed by atoms with E-state index in [-0.39, 0.29) is 5.91 Å². The summed E-state index contributed by atoms with van der Waals surface area (Å²) < 4.78 is 4.58. The number of aromatic nitrogens is 1. The van der Waals surface area contributed by atoms with E-state index in [0.29, 0.717) is 17.8 Å². The van der Waals surface area contributed by atoms with E-state index >= 15 is 0 Å². The molecule has 1 rings (SSSR count). The average Bonchev–Trinajstić information content (AvgIpc) is 2.47. The van der Waals surface area contributed by atoms with Crippen molar-refractivity contribution in [1.29, 1.82) is 0 Å². The lowest BCUT2D eigenvalue weighted by Crippen LogP contribution is -2.32. The van der Waals surface area contributed by atoms with Crippen LogP contribution < -0.4 is 0 Å². The minimum absolute atomic E-state index is 0.104. The van der Waals surface area contributed by atoms with E-state index in [2.05, 4.69) is 16.6 Å². The van der Waals surface area contributed by atoms with Gasteiger partial charge in [0.05, 0.1) is 12.7 Å². The molecular weight excluding hydrogens is 244 g/mol. The maximum absolute atomic E-state index is 12.2. The maximum Gasteiger partial charge on any atom is 0.339 e. The number of hydrogen-bond acceptors (Lipinski definition) is 4. The molecule has 0 N–H and O–H groups in total. The van der Waals surface area contributed by atoms with Crippen molar-refractivity contribution in [2.45, 2.75) is 26.7 Å². The predicted molar refractivity (Wildman–Crippen MR) is 72.1 cm³/mol. The molecule has 1 amide bonds. The topological polar surface area (TPSA) is 59.5 Å². The lowest BCUT2D eigenvalue weighted by Gasteiger charge is -2.20. The smallest absolute Gasteiger partial charge is 0.339 e. The van der Waals surface area contributed by atoms with Crippen molar-refractivity contribution in [2.24, 2.45) is 0 Å². The number of unbranched alkanes of at least 4 members (excludes halogenated alkanes) is 1. The van der Waals surface area contributed by atoms with Gasteiger partial charge in [0.15, 0.2) is 0 Å². The molecule has 1 heterocycles. The van der Waals surface area contributed by atoms with E-state index in [1.165, 1.54) is 13.3 Å². The number of ether oxygens (including phenoxy) is 1. The van der Waals surface area contributed by atoms with Crippen LogP contribution in [0.3, 0.4) is 0 Å². The summed E-state index contributed by atoms with van der Waals surface area (Å²) in [6.07, 6.45) is 3.38. The molecule has 0 saturated heterocycles. The highest BCUT2D eigenvalue weighted by Crippen LogP contribution is 2.06. The summed E-state index contributed by atoms with van der Waals surface area (Å²) >= 11 is 0. The van der Waals surface area contributed by atoms with E-state index in [1.807, 2.05) is 6.92 Å². The van der Waals surface area contributed by atoms with Crippen LogP contribution in [0.2, 0.25) is 0 Å². The Bertz CT molecular complexity index is 429. The zero-order valence-corrected chi connectivity index (χ0v) is 11.7. The molecule has 5 nitrogen and oxygen atoms in total. The third-order valence-electron chi connectivity index (χ3n) is 2.85. The van der Waals surface area contributed by atoms with Crippen molar-refractivity contribution in [1.82, 2.24) is 9.88 Å². The van der Waals surface area contributed by atoms with Gasteiger partial charge >= 0.3 is 5.97 Å². The van der Waals surface area contributed by atoms with Gasteiger partial charge in [-0.1, -0.05) is 13.3 Å². The highest BCUT2D eigenvalue weighted by Gasteiger charge is 2.15. The molecule has 0 spiro atoms. The molecule has 5 heteroatoms. The van der Waals surface area contributed by atoms with Crippen LogP contribution in [0.5, 0.6) is 0 Å². The fourth-order valence-corrected chi connectivity index (χ4v) is 1.67. The molecule has 19 heavy (non-hydrogen) atoms. The molecule has 0 aliphatic heterocycles. The second-order valence-corrected chi connectivity index (χ2v) is 4.16. The Labute approximate surface area is 113 Å². The van der Waals surface area contributed by atoms with E-state index in [0.717, 1.165) is 19.4 Å². The summed E-state index contributed by atoms with van der Waals surface area (Å²) in [5, 5.41) is 0. The van der Waals surface area contributed by atoms with Crippen molar-refractivity contribution in [2.75, 3.05) is 20.2 Å². The molecule has 1 aromatic rings. The Kier molecular flexibility index (Phi) is 5.99. The van der Waals surface area contributed by atoms with Crippen LogP contribution in [0.1, 0.15) is 47.5 Å². The molecule has 0 aliphatic carbocycles. The third kappa shape index (κ3) is 4.05. The van der Waals surface area contributed by atoms with Crippen molar-refractivity contribution in [3.05, 3.63) is 29.6 Å². The van der Waals surface area contributed by atoms with E-state index in [9.17, 15) is 9.59 Å². The summed E-state index contributed by atoms with van der Waals surface area (Å²) in [7, 11) is 1.31. The number of amides is 1. The molecular formula is C14H20N2O3. The van der Waals surface area contributed by atoms with Gasteiger partial charge in [0, 0.05) is 19.3 Å². The normalized spacial score (nSPS) is 10.1. The molecule has 0 bridgehead atoms. The molecule has 0 unspecified atom stereocenters. The fourth-order valence-electron chi connectivity index (χ4n) is 1.67. The van der Waals surface area contributed by atoms with Gasteiger partial charge < -0.3 is 9.64 Å². The molecule has 104 valence electrons. The highest BCUT2D eigenvalue weighted by molar-refractivity contribution is 5.94. The SMILES string of the molecule is CCCCN(CC)C(=O)c1ccc(C(=O)OC)cn1. The standard InChI is InChI=1S/C14H20N2O3/c1-4-6-9-16(5-2)13(17)12-8-7-11(10-15-12)14(18)19-3/h7-8,10H,4-6,9H2,1-3H3. The lowest BCUT2D eigenvalue weighted by molar-refractivity contribution is 0.0599. The number of rotatable bonds is 6. The number of esters is 1. The number of carbonyl (C=O) groups is 2. The van der Waals surface area contributed by atoms with Crippen LogP contribution in [0.15, 0.2) is 18.3 Å². The molecule has 0 saturated carbocycles. The Balaban J connectivity index is 2.78. The fraction of sp³-hybridized carbons (Fsp3) is 0.500. The molecule has 0 aromatic carbocycles. The first kappa shape index (κ1) is 15.1. The lowest BCUT2D eigenvalue weighted by atomic mass is 10.2. The minimum atomic E-state index is -0.454. The zero-order chi connectivity index (χ0) is 14.3. The van der Waals surface area contributed by atoms with Crippen LogP contribution >= 0.6 is 0 Å². The number of hydrogen-bond donors (Lipinski definition) is 0. The van der Waals surface area contributed by atoms with Gasteiger partial charge in [-0.3, -0.25) is 9.78 Å². The Morgan fingerprint density at radius 2 is 2.05 bits per heavy atom. The molecule has 0 fully saturated rings. The van der Waals surface area contributed by atoms with E-state index < -0.39 is 5.97 Å². The van der Waals surface area contributed by atoms with E-state index in [1.54, 1.807) is 17.0 Å². The molecule has 0 radical (unpaired) electrons. The second kappa shape index (κ2) is 7.51. The quantitative estimate of drug-likeness (QED) is 0.738. The van der Waals surface area contributed by atoms with Gasteiger partial charge in [0.1, 0.15) is 5.69 Å². The minimum Gasteiger partial charge on any atom is -0.465 e. The molecule has 0 aliphatic rings. The summed E-state index contributed by atoms with van der Waals surface area (Å²) in [5.74, 6) is -0.558. The number of nitrogens with zero attached hydrogens (tertiary/aromatic N) is 2. The van der Waals surface area contributed by atoms with E-state index in [4.69, 9.17) is 0 Å². The summed E-state index contributed by atoms with van der Waals surface area (Å²) in [6.45, 7) is 5.41. The number of methoxy groups -OCH3 is 1. The number of carbonyl (C=O) groups excluding carboxylic acids is 2. The first-order chi connectivity index (χ1) is 9.13. The van der Waals surface area contributed by atoms with Gasteiger partial charge in [-0.2, -0.15) is 0 Å².